The Morgan fingerprint density at radius 1 is 1.11 bits per heavy atom. The molecule has 1 aromatic carbocycles. The predicted molar refractivity (Wildman–Crippen MR) is 105 cm³/mol. The van der Waals surface area contributed by atoms with Crippen LogP contribution in [0.5, 0.6) is 0 Å². The van der Waals surface area contributed by atoms with Crippen LogP contribution in [-0.2, 0) is 10.0 Å². The van der Waals surface area contributed by atoms with Crippen molar-refractivity contribution in [1.29, 1.82) is 0 Å². The fourth-order valence-corrected chi connectivity index (χ4v) is 5.95. The molecule has 0 N–H and O–H groups in total. The van der Waals surface area contributed by atoms with Crippen LogP contribution >= 0.6 is 22.9 Å². The zero-order valence-corrected chi connectivity index (χ0v) is 16.9. The van der Waals surface area contributed by atoms with Crippen molar-refractivity contribution >= 4 is 38.6 Å². The Morgan fingerprint density at radius 2 is 1.89 bits per heavy atom. The van der Waals surface area contributed by atoms with Crippen molar-refractivity contribution in [3.8, 4) is 10.8 Å². The van der Waals surface area contributed by atoms with Crippen molar-refractivity contribution in [2.75, 3.05) is 31.1 Å². The van der Waals surface area contributed by atoms with E-state index in [-0.39, 0.29) is 4.21 Å². The molecule has 7 nitrogen and oxygen atoms in total. The van der Waals surface area contributed by atoms with Crippen LogP contribution < -0.4 is 4.90 Å². The van der Waals surface area contributed by atoms with Crippen LogP contribution in [0.1, 0.15) is 5.89 Å². The van der Waals surface area contributed by atoms with Crippen LogP contribution in [0.3, 0.4) is 0 Å². The van der Waals surface area contributed by atoms with Crippen molar-refractivity contribution in [1.82, 2.24) is 14.5 Å². The summed E-state index contributed by atoms with van der Waals surface area (Å²) in [5, 5.41) is 8.40. The molecule has 2 aromatic heterocycles. The van der Waals surface area contributed by atoms with Gasteiger partial charge in [0.05, 0.1) is 4.88 Å². The van der Waals surface area contributed by atoms with Crippen LogP contribution in [-0.4, -0.2) is 49.1 Å². The zero-order chi connectivity index (χ0) is 19.0. The van der Waals surface area contributed by atoms with Gasteiger partial charge in [0.25, 0.3) is 15.9 Å². The molecule has 0 amide bonds. The number of hydrogen-bond donors (Lipinski definition) is 0. The lowest BCUT2D eigenvalue weighted by Crippen LogP contribution is -2.48. The van der Waals surface area contributed by atoms with Crippen molar-refractivity contribution in [3.05, 3.63) is 47.3 Å². The van der Waals surface area contributed by atoms with Crippen LogP contribution in [0, 0.1) is 6.92 Å². The van der Waals surface area contributed by atoms with Crippen LogP contribution in [0.4, 0.5) is 5.69 Å². The monoisotopic (exact) mass is 424 g/mol. The summed E-state index contributed by atoms with van der Waals surface area (Å²) in [4.78, 5) is 2.78. The molecule has 1 fully saturated rings. The van der Waals surface area contributed by atoms with Crippen molar-refractivity contribution < 1.29 is 12.8 Å². The topological polar surface area (TPSA) is 79.5 Å². The number of aryl methyl sites for hydroxylation is 1. The van der Waals surface area contributed by atoms with E-state index in [4.69, 9.17) is 16.0 Å². The molecule has 0 bridgehead atoms. The SMILES string of the molecule is Cc1nnc(-c2ccc(S(=O)(=O)N3CCN(c4cccc(Cl)c4)CC3)s2)o1. The van der Waals surface area contributed by atoms with E-state index in [9.17, 15) is 8.42 Å². The maximum atomic E-state index is 13.0. The lowest BCUT2D eigenvalue weighted by atomic mass is 10.2. The fraction of sp³-hybridized carbons (Fsp3) is 0.294. The number of thiophene rings is 1. The van der Waals surface area contributed by atoms with Crippen LogP contribution in [0.2, 0.25) is 5.02 Å². The Balaban J connectivity index is 1.48. The van der Waals surface area contributed by atoms with Crippen LogP contribution in [0.25, 0.3) is 10.8 Å². The number of anilines is 1. The summed E-state index contributed by atoms with van der Waals surface area (Å²) in [6.45, 7) is 3.76. The molecule has 1 aliphatic rings. The van der Waals surface area contributed by atoms with Gasteiger partial charge in [-0.05, 0) is 30.3 Å². The Labute approximate surface area is 166 Å². The molecule has 10 heteroatoms. The normalized spacial score (nSPS) is 16.0. The smallest absolute Gasteiger partial charge is 0.257 e. The average molecular weight is 425 g/mol. The molecule has 0 radical (unpaired) electrons. The number of rotatable bonds is 4. The minimum Gasteiger partial charge on any atom is -0.420 e. The van der Waals surface area contributed by atoms with Crippen molar-refractivity contribution in [2.24, 2.45) is 0 Å². The highest BCUT2D eigenvalue weighted by molar-refractivity contribution is 7.91. The van der Waals surface area contributed by atoms with Gasteiger partial charge in [0.1, 0.15) is 4.21 Å². The second kappa shape index (κ2) is 7.23. The van der Waals surface area contributed by atoms with Crippen LogP contribution in [0.15, 0.2) is 45.0 Å². The quantitative estimate of drug-likeness (QED) is 0.639. The van der Waals surface area contributed by atoms with E-state index in [1.165, 1.54) is 4.31 Å². The Kier molecular flexibility index (Phi) is 4.94. The zero-order valence-electron chi connectivity index (χ0n) is 14.5. The third kappa shape index (κ3) is 3.73. The summed E-state index contributed by atoms with van der Waals surface area (Å²) in [5.41, 5.74) is 1.00. The highest BCUT2D eigenvalue weighted by Crippen LogP contribution is 2.32. The number of piperazine rings is 1. The Hall–Kier alpha value is -1.94. The summed E-state index contributed by atoms with van der Waals surface area (Å²) in [5.74, 6) is 0.782. The van der Waals surface area contributed by atoms with Gasteiger partial charge in [0, 0.05) is 43.8 Å². The first-order valence-corrected chi connectivity index (χ1v) is 11.0. The van der Waals surface area contributed by atoms with Gasteiger partial charge in [0.15, 0.2) is 0 Å². The maximum Gasteiger partial charge on any atom is 0.257 e. The first-order chi connectivity index (χ1) is 12.9. The largest absolute Gasteiger partial charge is 0.420 e. The third-order valence-electron chi connectivity index (χ3n) is 4.32. The first kappa shape index (κ1) is 18.4. The number of sulfonamides is 1. The van der Waals surface area contributed by atoms with E-state index in [2.05, 4.69) is 15.1 Å². The molecule has 4 rings (SSSR count). The first-order valence-electron chi connectivity index (χ1n) is 8.34. The van der Waals surface area contributed by atoms with Crippen molar-refractivity contribution in [2.45, 2.75) is 11.1 Å². The Bertz CT molecular complexity index is 1060. The summed E-state index contributed by atoms with van der Waals surface area (Å²) >= 11 is 7.19. The molecular formula is C17H17ClN4O3S2. The highest BCUT2D eigenvalue weighted by Gasteiger charge is 2.30. The van der Waals surface area contributed by atoms with Gasteiger partial charge in [-0.3, -0.25) is 0 Å². The molecule has 142 valence electrons. The second-order valence-electron chi connectivity index (χ2n) is 6.12. The molecule has 0 saturated carbocycles. The number of halogens is 1. The molecule has 1 saturated heterocycles. The summed E-state index contributed by atoms with van der Waals surface area (Å²) in [6, 6.07) is 10.9. The van der Waals surface area contributed by atoms with Gasteiger partial charge >= 0.3 is 0 Å². The molecular weight excluding hydrogens is 408 g/mol. The Morgan fingerprint density at radius 3 is 2.56 bits per heavy atom. The molecule has 0 aliphatic carbocycles. The van der Waals surface area contributed by atoms with E-state index in [1.54, 1.807) is 19.1 Å². The molecule has 0 spiro atoms. The number of hydrogen-bond acceptors (Lipinski definition) is 7. The second-order valence-corrected chi connectivity index (χ2v) is 9.80. The average Bonchev–Trinajstić information content (AvgIpc) is 3.31. The number of nitrogens with zero attached hydrogens (tertiary/aromatic N) is 4. The maximum absolute atomic E-state index is 13.0. The molecule has 0 atom stereocenters. The van der Waals surface area contributed by atoms with Crippen molar-refractivity contribution in [3.63, 3.8) is 0 Å². The van der Waals surface area contributed by atoms with E-state index < -0.39 is 10.0 Å². The highest BCUT2D eigenvalue weighted by atomic mass is 35.5. The lowest BCUT2D eigenvalue weighted by molar-refractivity contribution is 0.386. The number of benzene rings is 1. The van der Waals surface area contributed by atoms with Gasteiger partial charge in [-0.1, -0.05) is 17.7 Å². The van der Waals surface area contributed by atoms with Gasteiger partial charge in [-0.15, -0.1) is 21.5 Å². The molecule has 27 heavy (non-hydrogen) atoms. The van der Waals surface area contributed by atoms with E-state index in [0.29, 0.717) is 47.9 Å². The summed E-state index contributed by atoms with van der Waals surface area (Å²) < 4.78 is 33.1. The molecule has 0 unspecified atom stereocenters. The molecule has 3 heterocycles. The predicted octanol–water partition coefficient (Wildman–Crippen LogP) is 3.27. The minimum atomic E-state index is -3.55. The van der Waals surface area contributed by atoms with Gasteiger partial charge < -0.3 is 9.32 Å². The van der Waals surface area contributed by atoms with Gasteiger partial charge in [-0.25, -0.2) is 8.42 Å². The minimum absolute atomic E-state index is 0.282. The van der Waals surface area contributed by atoms with E-state index in [1.807, 2.05) is 24.3 Å². The van der Waals surface area contributed by atoms with E-state index >= 15 is 0 Å². The van der Waals surface area contributed by atoms with E-state index in [0.717, 1.165) is 17.0 Å². The third-order valence-corrected chi connectivity index (χ3v) is 8.00. The number of aromatic nitrogens is 2. The van der Waals surface area contributed by atoms with Gasteiger partial charge in [0.2, 0.25) is 5.89 Å². The molecule has 1 aliphatic heterocycles. The lowest BCUT2D eigenvalue weighted by Gasteiger charge is -2.35. The molecule has 3 aromatic rings. The standard InChI is InChI=1S/C17H17ClN4O3S2/c1-12-19-20-17(25-12)15-5-6-16(26-15)27(23,24)22-9-7-21(8-10-22)14-4-2-3-13(18)11-14/h2-6,11H,7-10H2,1H3. The fourth-order valence-electron chi connectivity index (χ4n) is 2.96. The summed E-state index contributed by atoms with van der Waals surface area (Å²) in [6.07, 6.45) is 0. The van der Waals surface area contributed by atoms with Gasteiger partial charge in [-0.2, -0.15) is 4.31 Å². The summed E-state index contributed by atoms with van der Waals surface area (Å²) in [7, 11) is -3.55.